The van der Waals surface area contributed by atoms with Gasteiger partial charge in [-0.3, -0.25) is 4.79 Å². The number of benzene rings is 1. The van der Waals surface area contributed by atoms with Crippen molar-refractivity contribution in [1.82, 2.24) is 5.32 Å². The number of carboxylic acids is 1. The molecule has 0 saturated carbocycles. The van der Waals surface area contributed by atoms with Crippen LogP contribution >= 0.6 is 0 Å². The Hall–Kier alpha value is -1.35. The number of carboxylic acid groups (broad SMARTS) is 1. The SMILES string of the molecule is CC[C@H](C)[C@H](NCCCc1ccccc1C)C(=O)O. The fraction of sp³-hybridized carbons (Fsp3) is 0.562. The molecule has 0 aliphatic carbocycles. The summed E-state index contributed by atoms with van der Waals surface area (Å²) in [6.45, 7) is 6.86. The van der Waals surface area contributed by atoms with Gasteiger partial charge in [-0.25, -0.2) is 0 Å². The van der Waals surface area contributed by atoms with Gasteiger partial charge in [-0.05, 0) is 43.4 Å². The zero-order chi connectivity index (χ0) is 14.3. The molecular formula is C16H25NO2. The Labute approximate surface area is 116 Å². The summed E-state index contributed by atoms with van der Waals surface area (Å²) in [5, 5.41) is 12.3. The molecule has 0 heterocycles. The molecular weight excluding hydrogens is 238 g/mol. The Kier molecular flexibility index (Phi) is 6.57. The molecule has 0 radical (unpaired) electrons. The highest BCUT2D eigenvalue weighted by Crippen LogP contribution is 2.10. The molecule has 0 amide bonds. The fourth-order valence-corrected chi connectivity index (χ4v) is 2.19. The van der Waals surface area contributed by atoms with Crippen molar-refractivity contribution >= 4 is 5.97 Å². The van der Waals surface area contributed by atoms with Gasteiger partial charge in [0.25, 0.3) is 0 Å². The summed E-state index contributed by atoms with van der Waals surface area (Å²) in [5.41, 5.74) is 2.65. The van der Waals surface area contributed by atoms with Crippen LogP contribution < -0.4 is 5.32 Å². The smallest absolute Gasteiger partial charge is 0.320 e. The summed E-state index contributed by atoms with van der Waals surface area (Å²) >= 11 is 0. The lowest BCUT2D eigenvalue weighted by Gasteiger charge is -2.20. The van der Waals surface area contributed by atoms with Gasteiger partial charge in [0, 0.05) is 0 Å². The molecule has 0 aliphatic heterocycles. The number of aliphatic carboxylic acids is 1. The van der Waals surface area contributed by atoms with E-state index in [-0.39, 0.29) is 5.92 Å². The van der Waals surface area contributed by atoms with Gasteiger partial charge >= 0.3 is 5.97 Å². The lowest BCUT2D eigenvalue weighted by atomic mass is 9.99. The Morgan fingerprint density at radius 3 is 2.63 bits per heavy atom. The summed E-state index contributed by atoms with van der Waals surface area (Å²) in [6.07, 6.45) is 2.83. The maximum Gasteiger partial charge on any atom is 0.320 e. The first-order valence-corrected chi connectivity index (χ1v) is 7.07. The fourth-order valence-electron chi connectivity index (χ4n) is 2.19. The van der Waals surface area contributed by atoms with E-state index in [9.17, 15) is 9.90 Å². The Balaban J connectivity index is 2.37. The molecule has 2 atom stereocenters. The summed E-state index contributed by atoms with van der Waals surface area (Å²) in [7, 11) is 0. The first kappa shape index (κ1) is 15.7. The van der Waals surface area contributed by atoms with Crippen LogP contribution in [0.3, 0.4) is 0 Å². The molecule has 0 spiro atoms. The van der Waals surface area contributed by atoms with E-state index in [2.05, 4.69) is 30.4 Å². The molecule has 106 valence electrons. The minimum Gasteiger partial charge on any atom is -0.480 e. The normalized spacial score (nSPS) is 14.1. The van der Waals surface area contributed by atoms with Crippen LogP contribution in [0.1, 0.15) is 37.8 Å². The Bertz CT molecular complexity index is 403. The molecule has 0 aliphatic rings. The zero-order valence-electron chi connectivity index (χ0n) is 12.1. The highest BCUT2D eigenvalue weighted by atomic mass is 16.4. The van der Waals surface area contributed by atoms with Gasteiger partial charge in [0.1, 0.15) is 6.04 Å². The minimum absolute atomic E-state index is 0.163. The number of aryl methyl sites for hydroxylation is 2. The third-order valence-corrected chi connectivity index (χ3v) is 3.73. The predicted octanol–water partition coefficient (Wildman–Crippen LogP) is 3.02. The summed E-state index contributed by atoms with van der Waals surface area (Å²) < 4.78 is 0. The molecule has 2 N–H and O–H groups in total. The third-order valence-electron chi connectivity index (χ3n) is 3.73. The van der Waals surface area contributed by atoms with E-state index in [0.29, 0.717) is 0 Å². The Morgan fingerprint density at radius 1 is 1.37 bits per heavy atom. The van der Waals surface area contributed by atoms with Crippen molar-refractivity contribution in [3.8, 4) is 0 Å². The topological polar surface area (TPSA) is 49.3 Å². The molecule has 0 fully saturated rings. The van der Waals surface area contributed by atoms with Crippen LogP contribution in [0.5, 0.6) is 0 Å². The van der Waals surface area contributed by atoms with Crippen molar-refractivity contribution < 1.29 is 9.90 Å². The van der Waals surface area contributed by atoms with Crippen molar-refractivity contribution in [1.29, 1.82) is 0 Å². The second-order valence-corrected chi connectivity index (χ2v) is 5.19. The van der Waals surface area contributed by atoms with E-state index in [1.54, 1.807) is 0 Å². The zero-order valence-corrected chi connectivity index (χ0v) is 12.1. The second kappa shape index (κ2) is 7.95. The van der Waals surface area contributed by atoms with Crippen LogP contribution in [0.2, 0.25) is 0 Å². The van der Waals surface area contributed by atoms with Crippen molar-refractivity contribution in [3.63, 3.8) is 0 Å². The molecule has 3 heteroatoms. The molecule has 0 unspecified atom stereocenters. The Morgan fingerprint density at radius 2 is 2.05 bits per heavy atom. The highest BCUT2D eigenvalue weighted by molar-refractivity contribution is 5.73. The van der Waals surface area contributed by atoms with Crippen LogP contribution in [-0.2, 0) is 11.2 Å². The largest absolute Gasteiger partial charge is 0.480 e. The maximum absolute atomic E-state index is 11.2. The molecule has 1 rings (SSSR count). The summed E-state index contributed by atoms with van der Waals surface area (Å²) in [4.78, 5) is 11.2. The van der Waals surface area contributed by atoms with Crippen molar-refractivity contribution in [2.24, 2.45) is 5.92 Å². The summed E-state index contributed by atoms with van der Waals surface area (Å²) in [6, 6.07) is 7.91. The van der Waals surface area contributed by atoms with E-state index < -0.39 is 12.0 Å². The minimum atomic E-state index is -0.745. The predicted molar refractivity (Wildman–Crippen MR) is 78.4 cm³/mol. The first-order valence-electron chi connectivity index (χ1n) is 7.07. The molecule has 1 aromatic rings. The third kappa shape index (κ3) is 5.03. The van der Waals surface area contributed by atoms with Gasteiger partial charge in [0.2, 0.25) is 0 Å². The van der Waals surface area contributed by atoms with Gasteiger partial charge in [0.05, 0.1) is 0 Å². The molecule has 3 nitrogen and oxygen atoms in total. The van der Waals surface area contributed by atoms with Crippen LogP contribution in [-0.4, -0.2) is 23.7 Å². The quantitative estimate of drug-likeness (QED) is 0.709. The van der Waals surface area contributed by atoms with Gasteiger partial charge in [-0.2, -0.15) is 0 Å². The van der Waals surface area contributed by atoms with Gasteiger partial charge in [-0.15, -0.1) is 0 Å². The van der Waals surface area contributed by atoms with E-state index in [1.165, 1.54) is 11.1 Å². The average Bonchev–Trinajstić information content (AvgIpc) is 2.39. The standard InChI is InChI=1S/C16H25NO2/c1-4-12(2)15(16(18)19)17-11-7-10-14-9-6-5-8-13(14)3/h5-6,8-9,12,15,17H,4,7,10-11H2,1-3H3,(H,18,19)/t12-,15-/m0/s1. The van der Waals surface area contributed by atoms with Gasteiger partial charge in [-0.1, -0.05) is 44.5 Å². The van der Waals surface area contributed by atoms with Crippen LogP contribution in [0.15, 0.2) is 24.3 Å². The maximum atomic E-state index is 11.2. The van der Waals surface area contributed by atoms with Gasteiger partial charge < -0.3 is 10.4 Å². The van der Waals surface area contributed by atoms with E-state index in [0.717, 1.165) is 25.8 Å². The number of rotatable bonds is 8. The van der Waals surface area contributed by atoms with Crippen molar-refractivity contribution in [3.05, 3.63) is 35.4 Å². The number of hydrogen-bond donors (Lipinski definition) is 2. The number of carbonyl (C=O) groups is 1. The van der Waals surface area contributed by atoms with Crippen LogP contribution in [0.4, 0.5) is 0 Å². The van der Waals surface area contributed by atoms with Crippen molar-refractivity contribution in [2.75, 3.05) is 6.54 Å². The average molecular weight is 263 g/mol. The van der Waals surface area contributed by atoms with E-state index >= 15 is 0 Å². The number of hydrogen-bond acceptors (Lipinski definition) is 2. The summed E-state index contributed by atoms with van der Waals surface area (Å²) in [5.74, 6) is -0.582. The monoisotopic (exact) mass is 263 g/mol. The number of nitrogens with one attached hydrogen (secondary N) is 1. The first-order chi connectivity index (χ1) is 9.06. The molecule has 0 aromatic heterocycles. The van der Waals surface area contributed by atoms with Crippen LogP contribution in [0.25, 0.3) is 0 Å². The van der Waals surface area contributed by atoms with E-state index in [4.69, 9.17) is 0 Å². The van der Waals surface area contributed by atoms with E-state index in [1.807, 2.05) is 19.9 Å². The van der Waals surface area contributed by atoms with Crippen LogP contribution in [0, 0.1) is 12.8 Å². The molecule has 0 saturated heterocycles. The van der Waals surface area contributed by atoms with Gasteiger partial charge in [0.15, 0.2) is 0 Å². The molecule has 19 heavy (non-hydrogen) atoms. The lowest BCUT2D eigenvalue weighted by Crippen LogP contribution is -2.42. The highest BCUT2D eigenvalue weighted by Gasteiger charge is 2.22. The lowest BCUT2D eigenvalue weighted by molar-refractivity contribution is -0.140. The molecule has 1 aromatic carbocycles. The second-order valence-electron chi connectivity index (χ2n) is 5.19. The van der Waals surface area contributed by atoms with Crippen molar-refractivity contribution in [2.45, 2.75) is 46.1 Å². The molecule has 0 bridgehead atoms.